The number of esters is 1. The number of rotatable bonds is 9. The van der Waals surface area contributed by atoms with Gasteiger partial charge in [-0.3, -0.25) is 4.79 Å². The highest BCUT2D eigenvalue weighted by Gasteiger charge is 2.08. The number of ether oxygens (including phenoxy) is 2. The van der Waals surface area contributed by atoms with Crippen molar-refractivity contribution >= 4 is 23.3 Å². The van der Waals surface area contributed by atoms with Crippen molar-refractivity contribution in [2.45, 2.75) is 20.3 Å². The van der Waals surface area contributed by atoms with Crippen LogP contribution in [0.25, 0.3) is 0 Å². The quantitative estimate of drug-likeness (QED) is 0.670. The molecule has 0 unspecified atom stereocenters. The summed E-state index contributed by atoms with van der Waals surface area (Å²) in [6.07, 6.45) is 0.306. The van der Waals surface area contributed by atoms with Crippen LogP contribution in [0.3, 0.4) is 0 Å². The summed E-state index contributed by atoms with van der Waals surface area (Å²) < 4.78 is 10.5. The van der Waals surface area contributed by atoms with E-state index in [1.807, 2.05) is 31.2 Å². The summed E-state index contributed by atoms with van der Waals surface area (Å²) in [7, 11) is 0. The molecule has 1 amide bonds. The number of carbonyl (C=O) groups excluding carboxylic acids is 2. The topological polar surface area (TPSA) is 76.7 Å². The number of benzene rings is 2. The van der Waals surface area contributed by atoms with Crippen LogP contribution < -0.4 is 15.4 Å². The lowest BCUT2D eigenvalue weighted by atomic mass is 10.2. The fourth-order valence-corrected chi connectivity index (χ4v) is 2.33. The van der Waals surface area contributed by atoms with Gasteiger partial charge in [0, 0.05) is 18.7 Å². The van der Waals surface area contributed by atoms with Gasteiger partial charge in [0.2, 0.25) is 5.91 Å². The Morgan fingerprint density at radius 2 is 1.69 bits per heavy atom. The fourth-order valence-electron chi connectivity index (χ4n) is 2.33. The van der Waals surface area contributed by atoms with Crippen LogP contribution in [0.15, 0.2) is 48.5 Å². The zero-order valence-electron chi connectivity index (χ0n) is 15.1. The van der Waals surface area contributed by atoms with Crippen molar-refractivity contribution in [3.05, 3.63) is 54.1 Å². The highest BCUT2D eigenvalue weighted by atomic mass is 16.5. The Kier molecular flexibility index (Phi) is 7.49. The van der Waals surface area contributed by atoms with Crippen LogP contribution >= 0.6 is 0 Å². The van der Waals surface area contributed by atoms with Gasteiger partial charge in [-0.25, -0.2) is 4.79 Å². The maximum absolute atomic E-state index is 12.1. The van der Waals surface area contributed by atoms with Crippen LogP contribution in [0.5, 0.6) is 5.75 Å². The predicted molar refractivity (Wildman–Crippen MR) is 102 cm³/mol. The van der Waals surface area contributed by atoms with Gasteiger partial charge in [0.05, 0.1) is 24.5 Å². The fraction of sp³-hybridized carbons (Fsp3) is 0.300. The molecule has 0 aliphatic heterocycles. The summed E-state index contributed by atoms with van der Waals surface area (Å²) in [6.45, 7) is 5.08. The molecule has 0 fully saturated rings. The molecule has 2 rings (SSSR count). The third-order valence-electron chi connectivity index (χ3n) is 3.53. The molecule has 0 bridgehead atoms. The summed E-state index contributed by atoms with van der Waals surface area (Å²) in [5, 5.41) is 6.01. The second-order valence-corrected chi connectivity index (χ2v) is 5.45. The minimum Gasteiger partial charge on any atom is -0.492 e. The van der Waals surface area contributed by atoms with Crippen molar-refractivity contribution in [2.75, 3.05) is 30.4 Å². The van der Waals surface area contributed by atoms with Gasteiger partial charge in [0.15, 0.2) is 0 Å². The first-order valence-electron chi connectivity index (χ1n) is 8.66. The highest BCUT2D eigenvalue weighted by Crippen LogP contribution is 2.23. The van der Waals surface area contributed by atoms with E-state index in [0.29, 0.717) is 37.4 Å². The Morgan fingerprint density at radius 1 is 0.962 bits per heavy atom. The van der Waals surface area contributed by atoms with Gasteiger partial charge >= 0.3 is 5.97 Å². The molecule has 2 aromatic rings. The van der Waals surface area contributed by atoms with Gasteiger partial charge in [-0.2, -0.15) is 0 Å². The Hall–Kier alpha value is -3.02. The lowest BCUT2D eigenvalue weighted by Gasteiger charge is -2.12. The average Bonchev–Trinajstić information content (AvgIpc) is 2.64. The monoisotopic (exact) mass is 356 g/mol. The second-order valence-electron chi connectivity index (χ2n) is 5.45. The molecule has 2 aromatic carbocycles. The van der Waals surface area contributed by atoms with Crippen molar-refractivity contribution in [1.29, 1.82) is 0 Å². The molecule has 0 radical (unpaired) electrons. The van der Waals surface area contributed by atoms with Crippen molar-refractivity contribution in [2.24, 2.45) is 0 Å². The Labute approximate surface area is 153 Å². The summed E-state index contributed by atoms with van der Waals surface area (Å²) in [5.41, 5.74) is 1.96. The van der Waals surface area contributed by atoms with Gasteiger partial charge in [-0.1, -0.05) is 12.1 Å². The Balaban J connectivity index is 1.81. The molecule has 0 aromatic heterocycles. The van der Waals surface area contributed by atoms with E-state index in [1.54, 1.807) is 31.2 Å². The van der Waals surface area contributed by atoms with Crippen LogP contribution in [0, 0.1) is 0 Å². The molecule has 6 nitrogen and oxygen atoms in total. The van der Waals surface area contributed by atoms with Crippen LogP contribution in [-0.4, -0.2) is 31.6 Å². The Morgan fingerprint density at radius 3 is 2.38 bits per heavy atom. The zero-order chi connectivity index (χ0) is 18.8. The second kappa shape index (κ2) is 10.1. The van der Waals surface area contributed by atoms with E-state index in [1.165, 1.54) is 0 Å². The minimum absolute atomic E-state index is 0.115. The predicted octanol–water partition coefficient (Wildman–Crippen LogP) is 3.70. The highest BCUT2D eigenvalue weighted by molar-refractivity contribution is 5.93. The largest absolute Gasteiger partial charge is 0.492 e. The van der Waals surface area contributed by atoms with E-state index in [0.717, 1.165) is 11.4 Å². The van der Waals surface area contributed by atoms with Crippen LogP contribution in [0.2, 0.25) is 0 Å². The molecule has 0 saturated carbocycles. The van der Waals surface area contributed by atoms with Crippen molar-refractivity contribution in [1.82, 2.24) is 0 Å². The number of hydrogen-bond donors (Lipinski definition) is 2. The van der Waals surface area contributed by atoms with Crippen molar-refractivity contribution < 1.29 is 19.1 Å². The molecular weight excluding hydrogens is 332 g/mol. The molecule has 0 aliphatic rings. The van der Waals surface area contributed by atoms with E-state index in [9.17, 15) is 9.59 Å². The standard InChI is InChI=1S/C20H24N2O4/c1-3-25-18-8-6-5-7-17(18)21-14-13-19(23)22-16-11-9-15(10-12-16)20(24)26-4-2/h5-12,21H,3-4,13-14H2,1-2H3,(H,22,23). The third-order valence-corrected chi connectivity index (χ3v) is 3.53. The summed E-state index contributed by atoms with van der Waals surface area (Å²) >= 11 is 0. The zero-order valence-corrected chi connectivity index (χ0v) is 15.1. The lowest BCUT2D eigenvalue weighted by Crippen LogP contribution is -2.16. The van der Waals surface area contributed by atoms with Crippen LogP contribution in [0.1, 0.15) is 30.6 Å². The lowest BCUT2D eigenvalue weighted by molar-refractivity contribution is -0.115. The molecule has 0 heterocycles. The number of amides is 1. The summed E-state index contributed by atoms with van der Waals surface area (Å²) in [4.78, 5) is 23.7. The van der Waals surface area contributed by atoms with Crippen LogP contribution in [-0.2, 0) is 9.53 Å². The first-order valence-corrected chi connectivity index (χ1v) is 8.66. The SMILES string of the molecule is CCOC(=O)c1ccc(NC(=O)CCNc2ccccc2OCC)cc1. The van der Waals surface area contributed by atoms with Gasteiger partial charge in [0.1, 0.15) is 5.75 Å². The van der Waals surface area contributed by atoms with E-state index < -0.39 is 0 Å². The van der Waals surface area contributed by atoms with E-state index >= 15 is 0 Å². The Bertz CT molecular complexity index is 729. The van der Waals surface area contributed by atoms with Gasteiger partial charge in [-0.15, -0.1) is 0 Å². The van der Waals surface area contributed by atoms with Crippen LogP contribution in [0.4, 0.5) is 11.4 Å². The van der Waals surface area contributed by atoms with E-state index in [4.69, 9.17) is 9.47 Å². The van der Waals surface area contributed by atoms with E-state index in [-0.39, 0.29) is 11.9 Å². The normalized spacial score (nSPS) is 10.1. The third kappa shape index (κ3) is 5.81. The number of para-hydroxylation sites is 2. The molecular formula is C20H24N2O4. The van der Waals surface area contributed by atoms with E-state index in [2.05, 4.69) is 10.6 Å². The first-order chi connectivity index (χ1) is 12.6. The minimum atomic E-state index is -0.373. The molecule has 26 heavy (non-hydrogen) atoms. The van der Waals surface area contributed by atoms with Crippen molar-refractivity contribution in [3.8, 4) is 5.75 Å². The van der Waals surface area contributed by atoms with Gasteiger partial charge < -0.3 is 20.1 Å². The maximum atomic E-state index is 12.1. The number of hydrogen-bond acceptors (Lipinski definition) is 5. The number of carbonyl (C=O) groups is 2. The molecule has 0 spiro atoms. The summed E-state index contributed by atoms with van der Waals surface area (Å²) in [6, 6.07) is 14.2. The number of nitrogens with one attached hydrogen (secondary N) is 2. The molecule has 138 valence electrons. The van der Waals surface area contributed by atoms with Crippen molar-refractivity contribution in [3.63, 3.8) is 0 Å². The molecule has 0 atom stereocenters. The smallest absolute Gasteiger partial charge is 0.338 e. The number of anilines is 2. The molecule has 6 heteroatoms. The molecule has 2 N–H and O–H groups in total. The first kappa shape index (κ1) is 19.3. The van der Waals surface area contributed by atoms with Gasteiger partial charge in [0.25, 0.3) is 0 Å². The maximum Gasteiger partial charge on any atom is 0.338 e. The molecule has 0 aliphatic carbocycles. The average molecular weight is 356 g/mol. The summed E-state index contributed by atoms with van der Waals surface area (Å²) in [5.74, 6) is 0.280. The van der Waals surface area contributed by atoms with Gasteiger partial charge in [-0.05, 0) is 50.2 Å². The molecule has 0 saturated heterocycles.